The van der Waals surface area contributed by atoms with E-state index in [1.165, 1.54) is 7.11 Å². The molecule has 5 nitrogen and oxygen atoms in total. The first-order valence-electron chi connectivity index (χ1n) is 6.63. The number of furan rings is 1. The second-order valence-corrected chi connectivity index (χ2v) is 5.32. The van der Waals surface area contributed by atoms with E-state index in [0.29, 0.717) is 11.4 Å². The fraction of sp³-hybridized carbons (Fsp3) is 0.312. The number of esters is 1. The Morgan fingerprint density at radius 1 is 1.29 bits per heavy atom. The third kappa shape index (κ3) is 3.02. The fourth-order valence-corrected chi connectivity index (χ4v) is 2.19. The molecule has 2 rings (SSSR count). The number of phenolic OH excluding ortho intramolecular Hbond substituents is 1. The molecule has 0 aliphatic heterocycles. The number of hydrogen-bond donors (Lipinski definition) is 2. The number of para-hydroxylation sites is 2. The Labute approximate surface area is 123 Å². The average molecular weight is 289 g/mol. The molecule has 2 N–H and O–H groups in total. The maximum Gasteiger partial charge on any atom is 0.313 e. The van der Waals surface area contributed by atoms with Gasteiger partial charge in [0, 0.05) is 0 Å². The number of methoxy groups -OCH3 is 1. The van der Waals surface area contributed by atoms with Gasteiger partial charge in [0.2, 0.25) is 0 Å². The molecule has 0 aliphatic carbocycles. The van der Waals surface area contributed by atoms with Gasteiger partial charge < -0.3 is 19.6 Å². The summed E-state index contributed by atoms with van der Waals surface area (Å²) in [6.45, 7) is 3.53. The first kappa shape index (κ1) is 15.0. The summed E-state index contributed by atoms with van der Waals surface area (Å²) in [6.07, 6.45) is 1.54. The van der Waals surface area contributed by atoms with Gasteiger partial charge in [0.15, 0.2) is 0 Å². The van der Waals surface area contributed by atoms with Crippen molar-refractivity contribution in [2.24, 2.45) is 5.41 Å². The van der Waals surface area contributed by atoms with E-state index in [1.807, 2.05) is 0 Å². The van der Waals surface area contributed by atoms with Crippen molar-refractivity contribution in [1.82, 2.24) is 0 Å². The molecule has 1 aromatic heterocycles. The summed E-state index contributed by atoms with van der Waals surface area (Å²) in [5, 5.41) is 13.1. The largest absolute Gasteiger partial charge is 0.506 e. The molecular weight excluding hydrogens is 270 g/mol. The predicted octanol–water partition coefficient (Wildman–Crippen LogP) is 3.34. The number of anilines is 1. The lowest BCUT2D eigenvalue weighted by Crippen LogP contribution is -2.36. The lowest BCUT2D eigenvalue weighted by Gasteiger charge is -2.31. The van der Waals surface area contributed by atoms with Crippen molar-refractivity contribution < 1.29 is 19.1 Å². The number of aromatic hydroxyl groups is 1. The maximum atomic E-state index is 12.1. The van der Waals surface area contributed by atoms with E-state index in [1.54, 1.807) is 56.5 Å². The molecule has 21 heavy (non-hydrogen) atoms. The number of carbonyl (C=O) groups is 1. The molecular formula is C16H19NO4. The number of ether oxygens (including phenoxy) is 1. The van der Waals surface area contributed by atoms with E-state index in [-0.39, 0.29) is 11.7 Å². The van der Waals surface area contributed by atoms with Crippen molar-refractivity contribution in [1.29, 1.82) is 0 Å². The quantitative estimate of drug-likeness (QED) is 0.652. The molecule has 0 amide bonds. The molecule has 5 heteroatoms. The third-order valence-electron chi connectivity index (χ3n) is 3.46. The van der Waals surface area contributed by atoms with Crippen molar-refractivity contribution in [3.63, 3.8) is 0 Å². The second-order valence-electron chi connectivity index (χ2n) is 5.32. The zero-order chi connectivity index (χ0) is 15.5. The van der Waals surface area contributed by atoms with Gasteiger partial charge in [0.1, 0.15) is 17.6 Å². The van der Waals surface area contributed by atoms with Gasteiger partial charge in [0.25, 0.3) is 0 Å². The van der Waals surface area contributed by atoms with Crippen LogP contribution < -0.4 is 5.32 Å². The molecule has 2 aromatic rings. The van der Waals surface area contributed by atoms with Gasteiger partial charge in [-0.25, -0.2) is 0 Å². The van der Waals surface area contributed by atoms with E-state index >= 15 is 0 Å². The second kappa shape index (κ2) is 5.91. The Bertz CT molecular complexity index is 604. The van der Waals surface area contributed by atoms with E-state index in [2.05, 4.69) is 5.32 Å². The van der Waals surface area contributed by atoms with Gasteiger partial charge in [-0.15, -0.1) is 0 Å². The number of benzene rings is 1. The number of carbonyl (C=O) groups excluding carboxylic acids is 1. The SMILES string of the molecule is COC(=O)C(C)(C)C(Nc1ccccc1O)c1ccco1. The summed E-state index contributed by atoms with van der Waals surface area (Å²) in [5.41, 5.74) is -0.356. The molecule has 0 aliphatic rings. The van der Waals surface area contributed by atoms with Gasteiger partial charge in [-0.2, -0.15) is 0 Å². The van der Waals surface area contributed by atoms with E-state index in [9.17, 15) is 9.90 Å². The molecule has 1 heterocycles. The molecule has 0 saturated heterocycles. The summed E-state index contributed by atoms with van der Waals surface area (Å²) in [6, 6.07) is 9.89. The van der Waals surface area contributed by atoms with Crippen molar-refractivity contribution in [3.8, 4) is 5.75 Å². The van der Waals surface area contributed by atoms with E-state index < -0.39 is 11.5 Å². The van der Waals surface area contributed by atoms with Crippen LogP contribution in [-0.4, -0.2) is 18.2 Å². The standard InChI is InChI=1S/C16H19NO4/c1-16(2,15(19)20-3)14(13-9-6-10-21-13)17-11-7-4-5-8-12(11)18/h4-10,14,17-18H,1-3H3. The van der Waals surface area contributed by atoms with Crippen molar-refractivity contribution in [2.45, 2.75) is 19.9 Å². The normalized spacial score (nSPS) is 12.7. The Balaban J connectivity index is 2.39. The van der Waals surface area contributed by atoms with Gasteiger partial charge in [-0.1, -0.05) is 12.1 Å². The number of rotatable bonds is 5. The maximum absolute atomic E-state index is 12.1. The van der Waals surface area contributed by atoms with Crippen LogP contribution in [0.2, 0.25) is 0 Å². The van der Waals surface area contributed by atoms with Crippen LogP contribution in [0.25, 0.3) is 0 Å². The smallest absolute Gasteiger partial charge is 0.313 e. The highest BCUT2D eigenvalue weighted by Crippen LogP contribution is 2.39. The Hall–Kier alpha value is -2.43. The van der Waals surface area contributed by atoms with Crippen LogP contribution in [0.15, 0.2) is 47.1 Å². The monoisotopic (exact) mass is 289 g/mol. The minimum Gasteiger partial charge on any atom is -0.506 e. The Morgan fingerprint density at radius 3 is 2.57 bits per heavy atom. The summed E-state index contributed by atoms with van der Waals surface area (Å²) in [5.74, 6) is 0.329. The van der Waals surface area contributed by atoms with Crippen LogP contribution in [0, 0.1) is 5.41 Å². The minimum atomic E-state index is -0.880. The molecule has 0 bridgehead atoms. The summed E-state index contributed by atoms with van der Waals surface area (Å²) >= 11 is 0. The topological polar surface area (TPSA) is 71.7 Å². The third-order valence-corrected chi connectivity index (χ3v) is 3.46. The molecule has 0 saturated carbocycles. The zero-order valence-electron chi connectivity index (χ0n) is 12.3. The van der Waals surface area contributed by atoms with E-state index in [0.717, 1.165) is 0 Å². The lowest BCUT2D eigenvalue weighted by atomic mass is 9.82. The highest BCUT2D eigenvalue weighted by atomic mass is 16.5. The Kier molecular flexibility index (Phi) is 4.21. The van der Waals surface area contributed by atoms with Crippen LogP contribution in [-0.2, 0) is 9.53 Å². The first-order chi connectivity index (χ1) is 9.96. The van der Waals surface area contributed by atoms with Crippen molar-refractivity contribution in [3.05, 3.63) is 48.4 Å². The van der Waals surface area contributed by atoms with E-state index in [4.69, 9.17) is 9.15 Å². The van der Waals surface area contributed by atoms with Gasteiger partial charge in [-0.3, -0.25) is 4.79 Å². The summed E-state index contributed by atoms with van der Waals surface area (Å²) in [7, 11) is 1.35. The molecule has 0 fully saturated rings. The molecule has 1 atom stereocenters. The molecule has 1 aromatic carbocycles. The lowest BCUT2D eigenvalue weighted by molar-refractivity contribution is -0.152. The minimum absolute atomic E-state index is 0.106. The molecule has 0 spiro atoms. The number of nitrogens with one attached hydrogen (secondary N) is 1. The van der Waals surface area contributed by atoms with Crippen LogP contribution in [0.3, 0.4) is 0 Å². The highest BCUT2D eigenvalue weighted by molar-refractivity contribution is 5.78. The molecule has 112 valence electrons. The predicted molar refractivity (Wildman–Crippen MR) is 79.0 cm³/mol. The fourth-order valence-electron chi connectivity index (χ4n) is 2.19. The van der Waals surface area contributed by atoms with Gasteiger partial charge in [0.05, 0.1) is 24.5 Å². The molecule has 0 radical (unpaired) electrons. The van der Waals surface area contributed by atoms with Gasteiger partial charge >= 0.3 is 5.97 Å². The Morgan fingerprint density at radius 2 is 2.00 bits per heavy atom. The summed E-state index contributed by atoms with van der Waals surface area (Å²) in [4.78, 5) is 12.1. The number of hydrogen-bond acceptors (Lipinski definition) is 5. The van der Waals surface area contributed by atoms with Crippen LogP contribution in [0.5, 0.6) is 5.75 Å². The first-order valence-corrected chi connectivity index (χ1v) is 6.63. The summed E-state index contributed by atoms with van der Waals surface area (Å²) < 4.78 is 10.3. The number of phenols is 1. The van der Waals surface area contributed by atoms with Crippen LogP contribution in [0.4, 0.5) is 5.69 Å². The van der Waals surface area contributed by atoms with Crippen molar-refractivity contribution >= 4 is 11.7 Å². The zero-order valence-corrected chi connectivity index (χ0v) is 12.3. The van der Waals surface area contributed by atoms with Gasteiger partial charge in [-0.05, 0) is 38.1 Å². The van der Waals surface area contributed by atoms with Crippen LogP contribution in [0.1, 0.15) is 25.6 Å². The van der Waals surface area contributed by atoms with Crippen LogP contribution >= 0.6 is 0 Å². The highest BCUT2D eigenvalue weighted by Gasteiger charge is 2.41. The molecule has 1 unspecified atom stereocenters. The average Bonchev–Trinajstić information content (AvgIpc) is 2.99. The van der Waals surface area contributed by atoms with Crippen molar-refractivity contribution in [2.75, 3.05) is 12.4 Å².